The van der Waals surface area contributed by atoms with Crippen LogP contribution in [0, 0.1) is 12.3 Å². The van der Waals surface area contributed by atoms with Gasteiger partial charge < -0.3 is 15.7 Å². The van der Waals surface area contributed by atoms with Crippen LogP contribution in [-0.2, 0) is 0 Å². The predicted molar refractivity (Wildman–Crippen MR) is 72.6 cm³/mol. The number of phenolic OH excluding ortho intramolecular Hbond substituents is 1. The number of para-hydroxylation sites is 1. The van der Waals surface area contributed by atoms with Crippen molar-refractivity contribution in [3.63, 3.8) is 0 Å². The summed E-state index contributed by atoms with van der Waals surface area (Å²) in [5.41, 5.74) is 6.56. The Morgan fingerprint density at radius 2 is 2.06 bits per heavy atom. The smallest absolute Gasteiger partial charge is 0.257 e. The second-order valence-electron chi connectivity index (χ2n) is 5.50. The molecule has 3 N–H and O–H groups in total. The number of rotatable bonds is 4. The Morgan fingerprint density at radius 1 is 1.44 bits per heavy atom. The summed E-state index contributed by atoms with van der Waals surface area (Å²) in [6.07, 6.45) is 0. The highest BCUT2D eigenvalue weighted by Crippen LogP contribution is 2.24. The van der Waals surface area contributed by atoms with Gasteiger partial charge in [-0.2, -0.15) is 0 Å². The van der Waals surface area contributed by atoms with Gasteiger partial charge in [-0.05, 0) is 30.5 Å². The lowest BCUT2D eigenvalue weighted by Gasteiger charge is -2.29. The summed E-state index contributed by atoms with van der Waals surface area (Å²) in [5, 5.41) is 9.90. The van der Waals surface area contributed by atoms with Gasteiger partial charge in [-0.25, -0.2) is 0 Å². The molecule has 0 aliphatic rings. The van der Waals surface area contributed by atoms with Crippen LogP contribution in [0.25, 0.3) is 0 Å². The van der Waals surface area contributed by atoms with E-state index in [1.54, 1.807) is 37.1 Å². The molecule has 0 unspecified atom stereocenters. The van der Waals surface area contributed by atoms with Crippen molar-refractivity contribution in [2.45, 2.75) is 20.8 Å². The Labute approximate surface area is 108 Å². The molecule has 0 atom stereocenters. The number of benzene rings is 1. The molecule has 100 valence electrons. The third kappa shape index (κ3) is 3.23. The number of carbonyl (C=O) groups is 1. The molecule has 0 spiro atoms. The zero-order valence-electron chi connectivity index (χ0n) is 11.5. The molecule has 1 aromatic rings. The summed E-state index contributed by atoms with van der Waals surface area (Å²) in [6.45, 7) is 6.84. The van der Waals surface area contributed by atoms with Crippen molar-refractivity contribution < 1.29 is 9.90 Å². The van der Waals surface area contributed by atoms with Crippen LogP contribution in [0.15, 0.2) is 18.2 Å². The first kappa shape index (κ1) is 14.5. The van der Waals surface area contributed by atoms with Crippen LogP contribution >= 0.6 is 0 Å². The molecular formula is C14H22N2O2. The second kappa shape index (κ2) is 5.40. The van der Waals surface area contributed by atoms with Gasteiger partial charge in [0.2, 0.25) is 0 Å². The Bertz CT molecular complexity index is 441. The number of hydrogen-bond acceptors (Lipinski definition) is 3. The number of phenols is 1. The number of aryl methyl sites for hydroxylation is 1. The molecule has 4 nitrogen and oxygen atoms in total. The average Bonchev–Trinajstić information content (AvgIpc) is 2.31. The summed E-state index contributed by atoms with van der Waals surface area (Å²) in [7, 11) is 1.72. The normalized spacial score (nSPS) is 11.4. The molecule has 18 heavy (non-hydrogen) atoms. The van der Waals surface area contributed by atoms with E-state index >= 15 is 0 Å². The highest BCUT2D eigenvalue weighted by Gasteiger charge is 2.23. The quantitative estimate of drug-likeness (QED) is 0.855. The Balaban J connectivity index is 2.91. The third-order valence-corrected chi connectivity index (χ3v) is 3.03. The fourth-order valence-electron chi connectivity index (χ4n) is 1.82. The standard InChI is InChI=1S/C14H22N2O2/c1-10-6-5-7-11(12(10)17)13(18)16(4)9-14(2,3)8-15/h5-7,17H,8-9,15H2,1-4H3. The van der Waals surface area contributed by atoms with Gasteiger partial charge in [0, 0.05) is 13.6 Å². The van der Waals surface area contributed by atoms with E-state index in [2.05, 4.69) is 0 Å². The number of nitrogens with zero attached hydrogens (tertiary/aromatic N) is 1. The van der Waals surface area contributed by atoms with Crippen molar-refractivity contribution in [2.24, 2.45) is 11.1 Å². The van der Waals surface area contributed by atoms with E-state index in [9.17, 15) is 9.90 Å². The summed E-state index contributed by atoms with van der Waals surface area (Å²) < 4.78 is 0. The van der Waals surface area contributed by atoms with Crippen molar-refractivity contribution in [1.82, 2.24) is 4.90 Å². The van der Waals surface area contributed by atoms with Gasteiger partial charge >= 0.3 is 0 Å². The zero-order chi connectivity index (χ0) is 13.9. The van der Waals surface area contributed by atoms with E-state index in [4.69, 9.17) is 5.73 Å². The molecule has 0 saturated heterocycles. The molecule has 0 bridgehead atoms. The topological polar surface area (TPSA) is 66.6 Å². The van der Waals surface area contributed by atoms with E-state index < -0.39 is 0 Å². The molecule has 0 aliphatic carbocycles. The van der Waals surface area contributed by atoms with Gasteiger partial charge in [-0.15, -0.1) is 0 Å². The first-order valence-corrected chi connectivity index (χ1v) is 6.02. The van der Waals surface area contributed by atoms with Gasteiger partial charge in [0.15, 0.2) is 0 Å². The van der Waals surface area contributed by atoms with E-state index in [-0.39, 0.29) is 17.1 Å². The van der Waals surface area contributed by atoms with Crippen molar-refractivity contribution in [3.8, 4) is 5.75 Å². The summed E-state index contributed by atoms with van der Waals surface area (Å²) in [5.74, 6) is -0.127. The highest BCUT2D eigenvalue weighted by atomic mass is 16.3. The van der Waals surface area contributed by atoms with E-state index in [0.29, 0.717) is 24.2 Å². The predicted octanol–water partition coefficient (Wildman–Crippen LogP) is 1.76. The summed E-state index contributed by atoms with van der Waals surface area (Å²) in [6, 6.07) is 5.18. The lowest BCUT2D eigenvalue weighted by molar-refractivity contribution is 0.0737. The van der Waals surface area contributed by atoms with E-state index in [1.807, 2.05) is 13.8 Å². The van der Waals surface area contributed by atoms with Crippen molar-refractivity contribution >= 4 is 5.91 Å². The van der Waals surface area contributed by atoms with E-state index in [0.717, 1.165) is 0 Å². The SMILES string of the molecule is Cc1cccc(C(=O)N(C)CC(C)(C)CN)c1O. The van der Waals surface area contributed by atoms with Crippen LogP contribution in [0.1, 0.15) is 29.8 Å². The molecular weight excluding hydrogens is 228 g/mol. The lowest BCUT2D eigenvalue weighted by atomic mass is 9.93. The number of aromatic hydroxyl groups is 1. The van der Waals surface area contributed by atoms with E-state index in [1.165, 1.54) is 0 Å². The molecule has 0 aliphatic heterocycles. The molecule has 1 amide bonds. The van der Waals surface area contributed by atoms with Crippen LogP contribution in [-0.4, -0.2) is 36.1 Å². The maximum atomic E-state index is 12.2. The summed E-state index contributed by atoms with van der Waals surface area (Å²) >= 11 is 0. The number of carbonyl (C=O) groups excluding carboxylic acids is 1. The molecule has 0 fully saturated rings. The first-order chi connectivity index (χ1) is 8.28. The number of amides is 1. The van der Waals surface area contributed by atoms with Crippen LogP contribution in [0.5, 0.6) is 5.75 Å². The minimum Gasteiger partial charge on any atom is -0.507 e. The molecule has 1 aromatic carbocycles. The third-order valence-electron chi connectivity index (χ3n) is 3.03. The van der Waals surface area contributed by atoms with Crippen molar-refractivity contribution in [2.75, 3.05) is 20.1 Å². The largest absolute Gasteiger partial charge is 0.507 e. The van der Waals surface area contributed by atoms with Crippen LogP contribution in [0.3, 0.4) is 0 Å². The maximum Gasteiger partial charge on any atom is 0.257 e. The summed E-state index contributed by atoms with van der Waals surface area (Å²) in [4.78, 5) is 13.8. The fraction of sp³-hybridized carbons (Fsp3) is 0.500. The van der Waals surface area contributed by atoms with Crippen LogP contribution in [0.4, 0.5) is 0 Å². The van der Waals surface area contributed by atoms with Gasteiger partial charge in [-0.1, -0.05) is 26.0 Å². The minimum absolute atomic E-state index is 0.0555. The monoisotopic (exact) mass is 250 g/mol. The van der Waals surface area contributed by atoms with Crippen molar-refractivity contribution in [3.05, 3.63) is 29.3 Å². The first-order valence-electron chi connectivity index (χ1n) is 6.02. The van der Waals surface area contributed by atoms with Crippen molar-refractivity contribution in [1.29, 1.82) is 0 Å². The molecule has 0 radical (unpaired) electrons. The number of nitrogens with two attached hydrogens (primary N) is 1. The lowest BCUT2D eigenvalue weighted by Crippen LogP contribution is -2.39. The fourth-order valence-corrected chi connectivity index (χ4v) is 1.82. The number of hydrogen-bond donors (Lipinski definition) is 2. The Kier molecular flexibility index (Phi) is 4.35. The average molecular weight is 250 g/mol. The molecule has 0 saturated carbocycles. The van der Waals surface area contributed by atoms with Gasteiger partial charge in [-0.3, -0.25) is 4.79 Å². The minimum atomic E-state index is -0.183. The van der Waals surface area contributed by atoms with Gasteiger partial charge in [0.25, 0.3) is 5.91 Å². The van der Waals surface area contributed by atoms with Crippen LogP contribution in [0.2, 0.25) is 0 Å². The molecule has 0 heterocycles. The second-order valence-corrected chi connectivity index (χ2v) is 5.50. The molecule has 1 rings (SSSR count). The van der Waals surface area contributed by atoms with Gasteiger partial charge in [0.1, 0.15) is 5.75 Å². The zero-order valence-corrected chi connectivity index (χ0v) is 11.5. The van der Waals surface area contributed by atoms with Gasteiger partial charge in [0.05, 0.1) is 5.56 Å². The highest BCUT2D eigenvalue weighted by molar-refractivity contribution is 5.97. The molecule has 4 heteroatoms. The maximum absolute atomic E-state index is 12.2. The van der Waals surface area contributed by atoms with Crippen LogP contribution < -0.4 is 5.73 Å². The molecule has 0 aromatic heterocycles. The Hall–Kier alpha value is -1.55. The Morgan fingerprint density at radius 3 is 2.61 bits per heavy atom.